The molecule has 3 aromatic carbocycles. The third-order valence-electron chi connectivity index (χ3n) is 3.44. The van der Waals surface area contributed by atoms with Gasteiger partial charge in [0.05, 0.1) is 0 Å². The van der Waals surface area contributed by atoms with E-state index in [9.17, 15) is 22.0 Å². The Morgan fingerprint density at radius 3 is 1.17 bits per heavy atom. The maximum atomic E-state index is 14.3. The number of benzene rings is 3. The average Bonchev–Trinajstić information content (AvgIpc) is 2.63. The molecule has 24 heavy (non-hydrogen) atoms. The molecule has 6 heteroatoms. The molecule has 0 unspecified atom stereocenters. The molecule has 0 bridgehead atoms. The summed E-state index contributed by atoms with van der Waals surface area (Å²) >= 11 is 0. The molecule has 0 fully saturated rings. The number of para-hydroxylation sites is 2. The van der Waals surface area contributed by atoms with Gasteiger partial charge >= 0.3 is 0 Å². The van der Waals surface area contributed by atoms with Crippen molar-refractivity contribution in [2.24, 2.45) is 0 Å². The SMILES string of the molecule is Fc1c(F)c(F)c(N(c2ccccc2)c2ccccc2)c(F)c1F. The van der Waals surface area contributed by atoms with Gasteiger partial charge in [-0.05, 0) is 24.3 Å². The zero-order valence-corrected chi connectivity index (χ0v) is 12.1. The number of hydrogen-bond acceptors (Lipinski definition) is 1. The molecule has 0 spiro atoms. The van der Waals surface area contributed by atoms with Crippen LogP contribution >= 0.6 is 0 Å². The molecule has 0 aromatic heterocycles. The van der Waals surface area contributed by atoms with E-state index in [-0.39, 0.29) is 11.4 Å². The third kappa shape index (κ3) is 2.60. The Hall–Kier alpha value is -2.89. The normalized spacial score (nSPS) is 10.7. The van der Waals surface area contributed by atoms with E-state index in [0.29, 0.717) is 0 Å². The van der Waals surface area contributed by atoms with Crippen LogP contribution in [-0.2, 0) is 0 Å². The highest BCUT2D eigenvalue weighted by molar-refractivity contribution is 5.77. The van der Waals surface area contributed by atoms with Crippen LogP contribution in [0.4, 0.5) is 39.0 Å². The smallest absolute Gasteiger partial charge is 0.200 e. The first kappa shape index (κ1) is 16.0. The Bertz CT molecular complexity index is 797. The fourth-order valence-corrected chi connectivity index (χ4v) is 2.35. The molecule has 122 valence electrons. The fraction of sp³-hybridized carbons (Fsp3) is 0. The van der Waals surface area contributed by atoms with E-state index in [0.717, 1.165) is 4.90 Å². The summed E-state index contributed by atoms with van der Waals surface area (Å²) in [5.74, 6) is -9.94. The first-order valence-electron chi connectivity index (χ1n) is 6.94. The Morgan fingerprint density at radius 2 is 0.792 bits per heavy atom. The van der Waals surface area contributed by atoms with Gasteiger partial charge in [-0.15, -0.1) is 0 Å². The highest BCUT2D eigenvalue weighted by Gasteiger charge is 2.30. The molecule has 1 nitrogen and oxygen atoms in total. The van der Waals surface area contributed by atoms with Crippen LogP contribution in [0.15, 0.2) is 60.7 Å². The van der Waals surface area contributed by atoms with Crippen LogP contribution in [0.5, 0.6) is 0 Å². The first-order chi connectivity index (χ1) is 11.5. The van der Waals surface area contributed by atoms with E-state index in [2.05, 4.69) is 0 Å². The van der Waals surface area contributed by atoms with Crippen molar-refractivity contribution in [3.8, 4) is 0 Å². The molecule has 0 atom stereocenters. The van der Waals surface area contributed by atoms with Crippen LogP contribution in [0.1, 0.15) is 0 Å². The molecule has 0 radical (unpaired) electrons. The largest absolute Gasteiger partial charge is 0.305 e. The van der Waals surface area contributed by atoms with E-state index < -0.39 is 34.8 Å². The molecular weight excluding hydrogens is 325 g/mol. The molecule has 3 aromatic rings. The Morgan fingerprint density at radius 1 is 0.458 bits per heavy atom. The van der Waals surface area contributed by atoms with Gasteiger partial charge in [0.1, 0.15) is 5.69 Å². The van der Waals surface area contributed by atoms with Crippen molar-refractivity contribution in [2.75, 3.05) is 4.90 Å². The molecule has 0 aliphatic heterocycles. The summed E-state index contributed by atoms with van der Waals surface area (Å²) in [7, 11) is 0. The lowest BCUT2D eigenvalue weighted by Crippen LogP contribution is -2.16. The minimum absolute atomic E-state index is 0.256. The predicted octanol–water partition coefficient (Wildman–Crippen LogP) is 5.85. The summed E-state index contributed by atoms with van der Waals surface area (Å²) in [5, 5.41) is 0. The molecule has 0 aliphatic carbocycles. The van der Waals surface area contributed by atoms with E-state index >= 15 is 0 Å². The van der Waals surface area contributed by atoms with Gasteiger partial charge in [-0.1, -0.05) is 36.4 Å². The van der Waals surface area contributed by atoms with Gasteiger partial charge in [0.2, 0.25) is 5.82 Å². The van der Waals surface area contributed by atoms with Crippen molar-refractivity contribution < 1.29 is 22.0 Å². The average molecular weight is 335 g/mol. The maximum Gasteiger partial charge on any atom is 0.200 e. The van der Waals surface area contributed by atoms with Crippen LogP contribution in [-0.4, -0.2) is 0 Å². The van der Waals surface area contributed by atoms with Crippen LogP contribution in [0.2, 0.25) is 0 Å². The Balaban J connectivity index is 2.33. The van der Waals surface area contributed by atoms with Crippen molar-refractivity contribution in [1.29, 1.82) is 0 Å². The topological polar surface area (TPSA) is 3.24 Å². The van der Waals surface area contributed by atoms with Crippen LogP contribution in [0, 0.1) is 29.1 Å². The van der Waals surface area contributed by atoms with Crippen molar-refractivity contribution in [3.63, 3.8) is 0 Å². The number of halogens is 5. The Labute approximate surface area is 134 Å². The summed E-state index contributed by atoms with van der Waals surface area (Å²) in [6, 6.07) is 15.7. The lowest BCUT2D eigenvalue weighted by Gasteiger charge is -2.26. The number of anilines is 3. The van der Waals surface area contributed by atoms with Crippen molar-refractivity contribution >= 4 is 17.1 Å². The van der Waals surface area contributed by atoms with Gasteiger partial charge in [0, 0.05) is 11.4 Å². The van der Waals surface area contributed by atoms with Crippen LogP contribution in [0.3, 0.4) is 0 Å². The van der Waals surface area contributed by atoms with Gasteiger partial charge in [-0.3, -0.25) is 0 Å². The summed E-state index contributed by atoms with van der Waals surface area (Å²) in [5.41, 5.74) is -0.511. The minimum atomic E-state index is -2.19. The van der Waals surface area contributed by atoms with E-state index in [4.69, 9.17) is 0 Å². The first-order valence-corrected chi connectivity index (χ1v) is 6.94. The molecule has 0 aliphatic rings. The van der Waals surface area contributed by atoms with E-state index in [1.165, 1.54) is 24.3 Å². The second-order valence-corrected chi connectivity index (χ2v) is 4.93. The quantitative estimate of drug-likeness (QED) is 0.330. The van der Waals surface area contributed by atoms with E-state index in [1.54, 1.807) is 36.4 Å². The molecule has 0 saturated carbocycles. The third-order valence-corrected chi connectivity index (χ3v) is 3.44. The monoisotopic (exact) mass is 335 g/mol. The summed E-state index contributed by atoms with van der Waals surface area (Å²) in [6.45, 7) is 0. The molecule has 3 rings (SSSR count). The van der Waals surface area contributed by atoms with E-state index in [1.807, 2.05) is 0 Å². The van der Waals surface area contributed by atoms with Crippen molar-refractivity contribution in [3.05, 3.63) is 89.7 Å². The van der Waals surface area contributed by atoms with Crippen LogP contribution in [0.25, 0.3) is 0 Å². The molecular formula is C18H10F5N. The van der Waals surface area contributed by atoms with Gasteiger partial charge < -0.3 is 4.90 Å². The highest BCUT2D eigenvalue weighted by atomic mass is 19.2. The Kier molecular flexibility index (Phi) is 4.20. The zero-order valence-electron chi connectivity index (χ0n) is 12.1. The van der Waals surface area contributed by atoms with Gasteiger partial charge in [-0.25, -0.2) is 22.0 Å². The lowest BCUT2D eigenvalue weighted by molar-refractivity contribution is 0.380. The molecule has 0 N–H and O–H groups in total. The molecule has 0 amide bonds. The number of rotatable bonds is 3. The van der Waals surface area contributed by atoms with Crippen molar-refractivity contribution in [1.82, 2.24) is 0 Å². The minimum Gasteiger partial charge on any atom is -0.305 e. The van der Waals surface area contributed by atoms with Gasteiger partial charge in [-0.2, -0.15) is 0 Å². The molecule has 0 saturated heterocycles. The fourth-order valence-electron chi connectivity index (χ4n) is 2.35. The van der Waals surface area contributed by atoms with Crippen molar-refractivity contribution in [2.45, 2.75) is 0 Å². The predicted molar refractivity (Wildman–Crippen MR) is 80.9 cm³/mol. The second kappa shape index (κ2) is 6.31. The summed E-state index contributed by atoms with van der Waals surface area (Å²) in [6.07, 6.45) is 0. The highest BCUT2D eigenvalue weighted by Crippen LogP contribution is 2.39. The summed E-state index contributed by atoms with van der Waals surface area (Å²) in [4.78, 5) is 0.982. The van der Waals surface area contributed by atoms with Crippen LogP contribution < -0.4 is 4.90 Å². The number of hydrogen-bond donors (Lipinski definition) is 0. The summed E-state index contributed by atoms with van der Waals surface area (Å²) < 4.78 is 69.1. The van der Waals surface area contributed by atoms with Gasteiger partial charge in [0.25, 0.3) is 0 Å². The lowest BCUT2D eigenvalue weighted by atomic mass is 10.1. The zero-order chi connectivity index (χ0) is 17.3. The maximum absolute atomic E-state index is 14.3. The van der Waals surface area contributed by atoms with Gasteiger partial charge in [0.15, 0.2) is 23.3 Å². The number of nitrogens with zero attached hydrogens (tertiary/aromatic N) is 1. The standard InChI is InChI=1S/C18H10F5N/c19-13-14(20)16(22)18(17(23)15(13)21)24(11-7-3-1-4-8-11)12-9-5-2-6-10-12/h1-10H. The molecule has 0 heterocycles. The second-order valence-electron chi connectivity index (χ2n) is 4.93.